The average Bonchev–Trinajstić information content (AvgIpc) is 2.87. The van der Waals surface area contributed by atoms with Crippen LogP contribution in [0.5, 0.6) is 0 Å². The van der Waals surface area contributed by atoms with Crippen molar-refractivity contribution in [2.75, 3.05) is 0 Å². The second kappa shape index (κ2) is 3.16. The highest BCUT2D eigenvalue weighted by Crippen LogP contribution is 2.29. The molecule has 3 rings (SSSR count). The Morgan fingerprint density at radius 3 is 2.94 bits per heavy atom. The number of H-pyrrole nitrogens is 1. The number of nitrogens with zero attached hydrogens (tertiary/aromatic N) is 2. The number of halogens is 1. The summed E-state index contributed by atoms with van der Waals surface area (Å²) in [6.45, 7) is 1.97. The predicted octanol–water partition coefficient (Wildman–Crippen LogP) is 2.67. The minimum absolute atomic E-state index is 0.583. The lowest BCUT2D eigenvalue weighted by Crippen LogP contribution is -1.82. The van der Waals surface area contributed by atoms with Crippen LogP contribution in [0, 0.1) is 13.0 Å². The number of hydrogen-bond acceptors (Lipinski definition) is 3. The third-order valence-electron chi connectivity index (χ3n) is 2.57. The molecular formula is C11H8FN3O. The zero-order valence-electron chi connectivity index (χ0n) is 8.49. The van der Waals surface area contributed by atoms with Crippen molar-refractivity contribution in [3.05, 3.63) is 36.2 Å². The Balaban J connectivity index is 2.32. The van der Waals surface area contributed by atoms with E-state index in [1.807, 2.05) is 19.1 Å². The molecule has 16 heavy (non-hydrogen) atoms. The lowest BCUT2D eigenvalue weighted by molar-refractivity contribution is 0.457. The first kappa shape index (κ1) is 9.08. The van der Waals surface area contributed by atoms with Gasteiger partial charge in [0, 0.05) is 10.9 Å². The number of fused-ring (bicyclic) bond motifs is 1. The van der Waals surface area contributed by atoms with Gasteiger partial charge in [-0.15, -0.1) is 0 Å². The maximum atomic E-state index is 12.8. The first-order valence-electron chi connectivity index (χ1n) is 4.80. The molecule has 2 heterocycles. The molecule has 0 bridgehead atoms. The van der Waals surface area contributed by atoms with E-state index < -0.39 is 6.08 Å². The van der Waals surface area contributed by atoms with E-state index in [1.165, 1.54) is 6.20 Å². The van der Waals surface area contributed by atoms with Gasteiger partial charge in [-0.05, 0) is 18.6 Å². The summed E-state index contributed by atoms with van der Waals surface area (Å²) in [5, 5.41) is 4.68. The number of benzene rings is 1. The molecule has 0 unspecified atom stereocenters. The van der Waals surface area contributed by atoms with Crippen LogP contribution >= 0.6 is 0 Å². The molecule has 0 atom stereocenters. The van der Waals surface area contributed by atoms with Crippen molar-refractivity contribution in [3.63, 3.8) is 0 Å². The molecule has 0 aliphatic heterocycles. The zero-order valence-corrected chi connectivity index (χ0v) is 8.49. The highest BCUT2D eigenvalue weighted by molar-refractivity contribution is 5.92. The van der Waals surface area contributed by atoms with Gasteiger partial charge in [0.15, 0.2) is 5.58 Å². The van der Waals surface area contributed by atoms with Crippen LogP contribution in [0.3, 0.4) is 0 Å². The minimum Gasteiger partial charge on any atom is -0.356 e. The normalized spacial score (nSPS) is 11.1. The number of aromatic nitrogens is 3. The molecule has 0 saturated carbocycles. The molecule has 0 saturated heterocycles. The smallest absolute Gasteiger partial charge is 0.286 e. The predicted molar refractivity (Wildman–Crippen MR) is 56.3 cm³/mol. The summed E-state index contributed by atoms with van der Waals surface area (Å²) >= 11 is 0. The molecule has 80 valence electrons. The van der Waals surface area contributed by atoms with Crippen molar-refractivity contribution in [3.8, 4) is 11.3 Å². The first-order valence-corrected chi connectivity index (χ1v) is 4.80. The van der Waals surface area contributed by atoms with Crippen molar-refractivity contribution < 1.29 is 8.91 Å². The molecule has 1 N–H and O–H groups in total. The van der Waals surface area contributed by atoms with Crippen LogP contribution in [0.15, 0.2) is 29.0 Å². The summed E-state index contributed by atoms with van der Waals surface area (Å²) in [6, 6.07) is 3.80. The van der Waals surface area contributed by atoms with Gasteiger partial charge < -0.3 is 9.51 Å². The first-order chi connectivity index (χ1) is 7.75. The van der Waals surface area contributed by atoms with E-state index in [0.717, 1.165) is 16.5 Å². The third-order valence-corrected chi connectivity index (χ3v) is 2.57. The van der Waals surface area contributed by atoms with Gasteiger partial charge >= 0.3 is 0 Å². The van der Waals surface area contributed by atoms with Crippen molar-refractivity contribution >= 4 is 11.0 Å². The number of imidazole rings is 1. The van der Waals surface area contributed by atoms with E-state index in [1.54, 1.807) is 6.20 Å². The number of aromatic amines is 1. The van der Waals surface area contributed by atoms with Gasteiger partial charge in [0.05, 0.1) is 18.1 Å². The van der Waals surface area contributed by atoms with E-state index >= 15 is 0 Å². The second-order valence-corrected chi connectivity index (χ2v) is 3.59. The fourth-order valence-electron chi connectivity index (χ4n) is 1.73. The van der Waals surface area contributed by atoms with Gasteiger partial charge in [-0.1, -0.05) is 11.2 Å². The van der Waals surface area contributed by atoms with Gasteiger partial charge in [-0.3, -0.25) is 0 Å². The number of hydrogen-bond donors (Lipinski definition) is 1. The highest BCUT2D eigenvalue weighted by Gasteiger charge is 2.11. The Morgan fingerprint density at radius 2 is 2.19 bits per heavy atom. The zero-order chi connectivity index (χ0) is 11.1. The second-order valence-electron chi connectivity index (χ2n) is 3.59. The average molecular weight is 217 g/mol. The summed E-state index contributed by atoms with van der Waals surface area (Å²) in [5.41, 5.74) is 3.05. The van der Waals surface area contributed by atoms with Crippen LogP contribution in [-0.2, 0) is 0 Å². The van der Waals surface area contributed by atoms with E-state index in [-0.39, 0.29) is 0 Å². The van der Waals surface area contributed by atoms with Crippen molar-refractivity contribution in [1.82, 2.24) is 15.1 Å². The molecular weight excluding hydrogens is 209 g/mol. The Hall–Kier alpha value is -2.17. The van der Waals surface area contributed by atoms with E-state index in [2.05, 4.69) is 15.1 Å². The van der Waals surface area contributed by atoms with Crippen LogP contribution in [-0.4, -0.2) is 15.1 Å². The van der Waals surface area contributed by atoms with Crippen molar-refractivity contribution in [2.24, 2.45) is 0 Å². The van der Waals surface area contributed by atoms with Crippen LogP contribution in [0.4, 0.5) is 4.39 Å². The summed E-state index contributed by atoms with van der Waals surface area (Å²) in [7, 11) is 0. The summed E-state index contributed by atoms with van der Waals surface area (Å²) in [4.78, 5) is 6.05. The fourth-order valence-corrected chi connectivity index (χ4v) is 1.73. The third kappa shape index (κ3) is 1.21. The molecule has 0 amide bonds. The Labute approximate surface area is 90.1 Å². The largest absolute Gasteiger partial charge is 0.356 e. The van der Waals surface area contributed by atoms with Gasteiger partial charge in [0.2, 0.25) is 0 Å². The van der Waals surface area contributed by atoms with Gasteiger partial charge in [0.25, 0.3) is 6.08 Å². The molecule has 0 aliphatic carbocycles. The Morgan fingerprint density at radius 1 is 1.31 bits per heavy atom. The monoisotopic (exact) mass is 217 g/mol. The van der Waals surface area contributed by atoms with Gasteiger partial charge in [-0.25, -0.2) is 4.98 Å². The number of rotatable bonds is 1. The van der Waals surface area contributed by atoms with Crippen LogP contribution in [0.25, 0.3) is 22.2 Å². The summed E-state index contributed by atoms with van der Waals surface area (Å²) in [5.74, 6) is 0. The molecule has 4 nitrogen and oxygen atoms in total. The molecule has 0 aliphatic rings. The van der Waals surface area contributed by atoms with Crippen LogP contribution in [0.1, 0.15) is 5.56 Å². The number of aryl methyl sites for hydroxylation is 1. The van der Waals surface area contributed by atoms with Gasteiger partial charge in [0.1, 0.15) is 0 Å². The standard InChI is InChI=1S/C11H8FN3O/c1-6-2-3-7(9-5-13-11(12)15-9)10-8(6)4-14-16-10/h2-5H,1H3,(H,13,15). The molecule has 5 heteroatoms. The maximum Gasteiger partial charge on any atom is 0.286 e. The molecule has 2 aromatic heterocycles. The van der Waals surface area contributed by atoms with Crippen molar-refractivity contribution in [1.29, 1.82) is 0 Å². The molecule has 1 aromatic carbocycles. The Kier molecular flexibility index (Phi) is 1.80. The lowest BCUT2D eigenvalue weighted by Gasteiger charge is -1.99. The van der Waals surface area contributed by atoms with Crippen molar-refractivity contribution in [2.45, 2.75) is 6.92 Å². The molecule has 0 radical (unpaired) electrons. The molecule has 0 spiro atoms. The van der Waals surface area contributed by atoms with E-state index in [4.69, 9.17) is 4.52 Å². The van der Waals surface area contributed by atoms with E-state index in [9.17, 15) is 4.39 Å². The van der Waals surface area contributed by atoms with Gasteiger partial charge in [-0.2, -0.15) is 4.39 Å². The Bertz CT molecular complexity index is 656. The SMILES string of the molecule is Cc1ccc(-c2cnc(F)[nH]2)c2oncc12. The molecule has 3 aromatic rings. The van der Waals surface area contributed by atoms with E-state index in [0.29, 0.717) is 11.3 Å². The highest BCUT2D eigenvalue weighted by atomic mass is 19.1. The quantitative estimate of drug-likeness (QED) is 0.681. The molecule has 0 fully saturated rings. The van der Waals surface area contributed by atoms with Crippen LogP contribution in [0.2, 0.25) is 0 Å². The van der Waals surface area contributed by atoms with Crippen LogP contribution < -0.4 is 0 Å². The summed E-state index contributed by atoms with van der Waals surface area (Å²) < 4.78 is 18.0. The maximum absolute atomic E-state index is 12.8. The fraction of sp³-hybridized carbons (Fsp3) is 0.0909. The number of nitrogens with one attached hydrogen (secondary N) is 1. The minimum atomic E-state index is -0.608. The lowest BCUT2D eigenvalue weighted by atomic mass is 10.1. The summed E-state index contributed by atoms with van der Waals surface area (Å²) in [6.07, 6.45) is 2.48. The topological polar surface area (TPSA) is 54.7 Å².